The van der Waals surface area contributed by atoms with E-state index in [1.807, 2.05) is 0 Å². The second kappa shape index (κ2) is 11.2. The Labute approximate surface area is 155 Å². The molecular formula is C16H27IN4O2. The molecule has 0 spiro atoms. The molecule has 0 bridgehead atoms. The largest absolute Gasteiger partial charge is 0.370 e. The van der Waals surface area contributed by atoms with Gasteiger partial charge in [0.25, 0.3) is 5.69 Å². The number of nitro groups is 1. The molecule has 3 N–H and O–H groups in total. The smallest absolute Gasteiger partial charge is 0.269 e. The van der Waals surface area contributed by atoms with Gasteiger partial charge in [0.15, 0.2) is 5.96 Å². The number of halogens is 1. The zero-order chi connectivity index (χ0) is 16.5. The van der Waals surface area contributed by atoms with Gasteiger partial charge in [0.1, 0.15) is 0 Å². The summed E-state index contributed by atoms with van der Waals surface area (Å²) in [7, 11) is 0. The number of benzene rings is 1. The van der Waals surface area contributed by atoms with Gasteiger partial charge in [-0.3, -0.25) is 10.1 Å². The SMILES string of the molecule is CC(C)CCCC(C)NC(N)=NCc1cccc([N+](=O)[O-])c1.I. The number of non-ortho nitro benzene ring substituents is 1. The Balaban J connectivity index is 0.00000484. The molecule has 1 aromatic carbocycles. The van der Waals surface area contributed by atoms with Crippen LogP contribution in [0.2, 0.25) is 0 Å². The highest BCUT2D eigenvalue weighted by Crippen LogP contribution is 2.13. The lowest BCUT2D eigenvalue weighted by molar-refractivity contribution is -0.384. The normalized spacial score (nSPS) is 12.6. The van der Waals surface area contributed by atoms with Gasteiger partial charge in [-0.25, -0.2) is 4.99 Å². The van der Waals surface area contributed by atoms with Crippen LogP contribution in [0.3, 0.4) is 0 Å². The van der Waals surface area contributed by atoms with Crippen LogP contribution in [-0.2, 0) is 6.54 Å². The zero-order valence-corrected chi connectivity index (χ0v) is 16.3. The van der Waals surface area contributed by atoms with Crippen LogP contribution in [0.4, 0.5) is 5.69 Å². The van der Waals surface area contributed by atoms with Crippen LogP contribution in [0.1, 0.15) is 45.6 Å². The maximum Gasteiger partial charge on any atom is 0.269 e. The van der Waals surface area contributed by atoms with Crippen LogP contribution in [0.25, 0.3) is 0 Å². The second-order valence-corrected chi connectivity index (χ2v) is 6.00. The maximum atomic E-state index is 10.7. The summed E-state index contributed by atoms with van der Waals surface area (Å²) in [6.07, 6.45) is 3.41. The number of hydrogen-bond acceptors (Lipinski definition) is 3. The lowest BCUT2D eigenvalue weighted by Crippen LogP contribution is -2.38. The van der Waals surface area contributed by atoms with Gasteiger partial charge in [0.2, 0.25) is 0 Å². The molecule has 0 aromatic heterocycles. The number of nitro benzene ring substituents is 1. The number of nitrogens with zero attached hydrogens (tertiary/aromatic N) is 2. The third-order valence-electron chi connectivity index (χ3n) is 3.37. The van der Waals surface area contributed by atoms with Crippen LogP contribution in [0.15, 0.2) is 29.3 Å². The molecule has 0 aliphatic rings. The highest BCUT2D eigenvalue weighted by Gasteiger charge is 2.06. The Hall–Kier alpha value is -1.38. The molecule has 6 nitrogen and oxygen atoms in total. The van der Waals surface area contributed by atoms with E-state index in [-0.39, 0.29) is 35.7 Å². The van der Waals surface area contributed by atoms with Gasteiger partial charge in [-0.2, -0.15) is 0 Å². The van der Waals surface area contributed by atoms with Gasteiger partial charge in [0, 0.05) is 18.2 Å². The summed E-state index contributed by atoms with van der Waals surface area (Å²) >= 11 is 0. The molecule has 0 aliphatic heterocycles. The third kappa shape index (κ3) is 9.37. The molecule has 1 unspecified atom stereocenters. The molecule has 1 aromatic rings. The van der Waals surface area contributed by atoms with Crippen molar-refractivity contribution in [1.82, 2.24) is 5.32 Å². The predicted molar refractivity (Wildman–Crippen MR) is 105 cm³/mol. The first-order valence-electron chi connectivity index (χ1n) is 7.68. The van der Waals surface area contributed by atoms with E-state index in [2.05, 4.69) is 31.1 Å². The molecule has 1 atom stereocenters. The number of aliphatic imine (C=N–C) groups is 1. The molecule has 130 valence electrons. The Morgan fingerprint density at radius 3 is 2.65 bits per heavy atom. The van der Waals surface area contributed by atoms with Crippen molar-refractivity contribution in [2.45, 2.75) is 52.6 Å². The van der Waals surface area contributed by atoms with Gasteiger partial charge in [0.05, 0.1) is 11.5 Å². The van der Waals surface area contributed by atoms with E-state index < -0.39 is 4.92 Å². The predicted octanol–water partition coefficient (Wildman–Crippen LogP) is 3.83. The van der Waals surface area contributed by atoms with Crippen molar-refractivity contribution in [1.29, 1.82) is 0 Å². The number of hydrogen-bond donors (Lipinski definition) is 2. The lowest BCUT2D eigenvalue weighted by atomic mass is 10.0. The quantitative estimate of drug-likeness (QED) is 0.214. The minimum absolute atomic E-state index is 0. The van der Waals surface area contributed by atoms with Crippen molar-refractivity contribution in [2.75, 3.05) is 0 Å². The van der Waals surface area contributed by atoms with Crippen LogP contribution in [0.5, 0.6) is 0 Å². The topological polar surface area (TPSA) is 93.5 Å². The molecule has 0 fully saturated rings. The fraction of sp³-hybridized carbons (Fsp3) is 0.562. The number of nitrogens with one attached hydrogen (secondary N) is 1. The fourth-order valence-electron chi connectivity index (χ4n) is 2.15. The fourth-order valence-corrected chi connectivity index (χ4v) is 2.15. The van der Waals surface area contributed by atoms with Crippen LogP contribution in [0, 0.1) is 16.0 Å². The summed E-state index contributed by atoms with van der Waals surface area (Å²) < 4.78 is 0. The van der Waals surface area contributed by atoms with E-state index in [4.69, 9.17) is 5.73 Å². The summed E-state index contributed by atoms with van der Waals surface area (Å²) in [4.78, 5) is 14.5. The molecule has 1 rings (SSSR count). The van der Waals surface area contributed by atoms with E-state index in [0.29, 0.717) is 18.4 Å². The summed E-state index contributed by atoms with van der Waals surface area (Å²) in [6.45, 7) is 6.84. The highest BCUT2D eigenvalue weighted by molar-refractivity contribution is 14.0. The summed E-state index contributed by atoms with van der Waals surface area (Å²) in [6, 6.07) is 6.71. The maximum absolute atomic E-state index is 10.7. The van der Waals surface area contributed by atoms with Crippen LogP contribution < -0.4 is 11.1 Å². The summed E-state index contributed by atoms with van der Waals surface area (Å²) in [5.41, 5.74) is 6.70. The lowest BCUT2D eigenvalue weighted by Gasteiger charge is -2.15. The Morgan fingerprint density at radius 1 is 1.35 bits per heavy atom. The molecule has 7 heteroatoms. The van der Waals surface area contributed by atoms with Crippen molar-refractivity contribution >= 4 is 35.6 Å². The third-order valence-corrected chi connectivity index (χ3v) is 3.37. The summed E-state index contributed by atoms with van der Waals surface area (Å²) in [5, 5.41) is 13.9. The minimum atomic E-state index is -0.411. The molecule has 0 amide bonds. The van der Waals surface area contributed by atoms with Crippen molar-refractivity contribution in [3.8, 4) is 0 Å². The van der Waals surface area contributed by atoms with E-state index in [9.17, 15) is 10.1 Å². The van der Waals surface area contributed by atoms with Crippen molar-refractivity contribution in [3.05, 3.63) is 39.9 Å². The van der Waals surface area contributed by atoms with Crippen molar-refractivity contribution in [2.24, 2.45) is 16.6 Å². The molecule has 0 heterocycles. The molecule has 0 saturated heterocycles. The molecule has 0 aliphatic carbocycles. The second-order valence-electron chi connectivity index (χ2n) is 6.00. The van der Waals surface area contributed by atoms with Crippen molar-refractivity contribution < 1.29 is 4.92 Å². The Morgan fingerprint density at radius 2 is 2.04 bits per heavy atom. The molecule has 23 heavy (non-hydrogen) atoms. The van der Waals surface area contributed by atoms with Gasteiger partial charge in [-0.1, -0.05) is 38.8 Å². The van der Waals surface area contributed by atoms with E-state index in [1.54, 1.807) is 12.1 Å². The van der Waals surface area contributed by atoms with Gasteiger partial charge >= 0.3 is 0 Å². The Kier molecular flexibility index (Phi) is 10.5. The first kappa shape index (κ1) is 21.6. The van der Waals surface area contributed by atoms with Gasteiger partial charge in [-0.15, -0.1) is 24.0 Å². The average Bonchev–Trinajstić information content (AvgIpc) is 2.45. The average molecular weight is 434 g/mol. The number of rotatable bonds is 8. The first-order valence-corrected chi connectivity index (χ1v) is 7.68. The van der Waals surface area contributed by atoms with Crippen LogP contribution in [-0.4, -0.2) is 16.9 Å². The Bertz CT molecular complexity index is 521. The van der Waals surface area contributed by atoms with E-state index in [0.717, 1.165) is 18.4 Å². The number of guanidine groups is 1. The first-order chi connectivity index (χ1) is 10.4. The van der Waals surface area contributed by atoms with Gasteiger partial charge < -0.3 is 11.1 Å². The van der Waals surface area contributed by atoms with E-state index in [1.165, 1.54) is 18.6 Å². The molecule has 0 saturated carbocycles. The highest BCUT2D eigenvalue weighted by atomic mass is 127. The van der Waals surface area contributed by atoms with E-state index >= 15 is 0 Å². The molecular weight excluding hydrogens is 407 g/mol. The minimum Gasteiger partial charge on any atom is -0.370 e. The van der Waals surface area contributed by atoms with Crippen molar-refractivity contribution in [3.63, 3.8) is 0 Å². The monoisotopic (exact) mass is 434 g/mol. The molecule has 0 radical (unpaired) electrons. The number of nitrogens with two attached hydrogens (primary N) is 1. The standard InChI is InChI=1S/C16H26N4O2.HI/c1-12(2)6-4-7-13(3)19-16(17)18-11-14-8-5-9-15(10-14)20(21)22;/h5,8-10,12-13H,4,6-7,11H2,1-3H3,(H3,17,18,19);1H. The zero-order valence-electron chi connectivity index (χ0n) is 14.0. The van der Waals surface area contributed by atoms with Gasteiger partial charge in [-0.05, 0) is 24.8 Å². The van der Waals surface area contributed by atoms with Crippen LogP contribution >= 0.6 is 24.0 Å². The summed E-state index contributed by atoms with van der Waals surface area (Å²) in [5.74, 6) is 1.09.